The number of aryl methyl sites for hydroxylation is 1. The first kappa shape index (κ1) is 21.3. The molecule has 2 aromatic carbocycles. The molecule has 2 aromatic heterocycles. The maximum atomic E-state index is 13.7. The molecular formula is C22H16F4N4O2. The zero-order valence-corrected chi connectivity index (χ0v) is 16.6. The van der Waals surface area contributed by atoms with Crippen molar-refractivity contribution in [2.75, 3.05) is 5.32 Å². The molecule has 0 spiro atoms. The number of aromatic nitrogens is 3. The number of carbonyl (C=O) groups is 1. The Balaban J connectivity index is 1.71. The predicted molar refractivity (Wildman–Crippen MR) is 109 cm³/mol. The topological polar surface area (TPSA) is 68.5 Å². The lowest BCUT2D eigenvalue weighted by atomic mass is 10.1. The van der Waals surface area contributed by atoms with Crippen molar-refractivity contribution in [1.82, 2.24) is 14.6 Å². The highest BCUT2D eigenvalue weighted by atomic mass is 19.3. The van der Waals surface area contributed by atoms with Crippen molar-refractivity contribution in [3.05, 3.63) is 77.6 Å². The van der Waals surface area contributed by atoms with Gasteiger partial charge >= 0.3 is 6.61 Å². The van der Waals surface area contributed by atoms with E-state index < -0.39 is 24.6 Å². The van der Waals surface area contributed by atoms with Gasteiger partial charge in [-0.2, -0.15) is 13.9 Å². The third-order valence-electron chi connectivity index (χ3n) is 4.71. The number of anilines is 1. The van der Waals surface area contributed by atoms with E-state index in [0.29, 0.717) is 16.8 Å². The van der Waals surface area contributed by atoms with Gasteiger partial charge in [-0.15, -0.1) is 0 Å². The molecule has 4 aromatic rings. The fourth-order valence-electron chi connectivity index (χ4n) is 3.20. The van der Waals surface area contributed by atoms with Gasteiger partial charge in [-0.25, -0.2) is 18.3 Å². The molecule has 10 heteroatoms. The number of amides is 1. The van der Waals surface area contributed by atoms with Crippen LogP contribution < -0.4 is 10.1 Å². The lowest BCUT2D eigenvalue weighted by Crippen LogP contribution is -2.14. The van der Waals surface area contributed by atoms with E-state index in [-0.39, 0.29) is 22.7 Å². The number of nitrogens with zero attached hydrogens (tertiary/aromatic N) is 3. The minimum atomic E-state index is -2.97. The Hall–Kier alpha value is -3.95. The van der Waals surface area contributed by atoms with Gasteiger partial charge in [0.25, 0.3) is 12.3 Å². The quantitative estimate of drug-likeness (QED) is 0.399. The van der Waals surface area contributed by atoms with Gasteiger partial charge in [0.15, 0.2) is 5.65 Å². The summed E-state index contributed by atoms with van der Waals surface area (Å²) in [5.41, 5.74) is 1.23. The minimum absolute atomic E-state index is 0.0167. The minimum Gasteiger partial charge on any atom is -0.435 e. The average molecular weight is 444 g/mol. The summed E-state index contributed by atoms with van der Waals surface area (Å²) >= 11 is 0. The number of alkyl halides is 4. The molecule has 2 heterocycles. The first-order chi connectivity index (χ1) is 15.3. The van der Waals surface area contributed by atoms with Gasteiger partial charge in [0.05, 0.1) is 11.9 Å². The van der Waals surface area contributed by atoms with Gasteiger partial charge in [-0.05, 0) is 36.8 Å². The van der Waals surface area contributed by atoms with Gasteiger partial charge < -0.3 is 10.1 Å². The molecule has 0 unspecified atom stereocenters. The monoisotopic (exact) mass is 444 g/mol. The van der Waals surface area contributed by atoms with Gasteiger partial charge in [-0.3, -0.25) is 4.79 Å². The number of nitrogens with one attached hydrogen (secondary N) is 1. The largest absolute Gasteiger partial charge is 0.435 e. The molecule has 1 amide bonds. The highest BCUT2D eigenvalue weighted by Gasteiger charge is 2.22. The fraction of sp³-hybridized carbons (Fsp3) is 0.136. The lowest BCUT2D eigenvalue weighted by Gasteiger charge is -2.11. The van der Waals surface area contributed by atoms with Crippen LogP contribution in [0, 0.1) is 6.92 Å². The van der Waals surface area contributed by atoms with Crippen LogP contribution in [0.1, 0.15) is 28.0 Å². The number of halogens is 4. The van der Waals surface area contributed by atoms with Crippen molar-refractivity contribution in [2.24, 2.45) is 0 Å². The Bertz CT molecular complexity index is 1280. The smallest absolute Gasteiger partial charge is 0.387 e. The lowest BCUT2D eigenvalue weighted by molar-refractivity contribution is -0.0498. The van der Waals surface area contributed by atoms with E-state index in [1.165, 1.54) is 24.3 Å². The number of hydrogen-bond donors (Lipinski definition) is 1. The number of hydrogen-bond acceptors (Lipinski definition) is 4. The number of benzene rings is 2. The van der Waals surface area contributed by atoms with Crippen LogP contribution in [0.5, 0.6) is 5.75 Å². The highest BCUT2D eigenvalue weighted by Crippen LogP contribution is 2.28. The van der Waals surface area contributed by atoms with Crippen molar-refractivity contribution >= 4 is 17.2 Å². The summed E-state index contributed by atoms with van der Waals surface area (Å²) in [4.78, 5) is 17.3. The molecule has 32 heavy (non-hydrogen) atoms. The van der Waals surface area contributed by atoms with Crippen LogP contribution >= 0.6 is 0 Å². The molecule has 0 aliphatic heterocycles. The van der Waals surface area contributed by atoms with Crippen LogP contribution in [-0.4, -0.2) is 27.1 Å². The Kier molecular flexibility index (Phi) is 5.76. The van der Waals surface area contributed by atoms with Gasteiger partial charge in [-0.1, -0.05) is 30.3 Å². The van der Waals surface area contributed by atoms with Crippen LogP contribution in [0.25, 0.3) is 16.9 Å². The summed E-state index contributed by atoms with van der Waals surface area (Å²) < 4.78 is 57.4. The Morgan fingerprint density at radius 1 is 1.06 bits per heavy atom. The summed E-state index contributed by atoms with van der Waals surface area (Å²) in [5.74, 6) is -0.689. The first-order valence-corrected chi connectivity index (χ1v) is 9.42. The molecule has 1 N–H and O–H groups in total. The van der Waals surface area contributed by atoms with Gasteiger partial charge in [0.2, 0.25) is 0 Å². The van der Waals surface area contributed by atoms with Crippen LogP contribution in [0.3, 0.4) is 0 Å². The van der Waals surface area contributed by atoms with Crippen molar-refractivity contribution in [1.29, 1.82) is 0 Å². The SMILES string of the molecule is Cc1cc(OC(F)F)ccc1NC(=O)c1cnn2c(C(F)F)cc(-c3ccccc3)nc12. The summed E-state index contributed by atoms with van der Waals surface area (Å²) in [6.07, 6.45) is -1.69. The highest BCUT2D eigenvalue weighted by molar-refractivity contribution is 6.08. The molecule has 164 valence electrons. The third kappa shape index (κ3) is 4.25. The summed E-state index contributed by atoms with van der Waals surface area (Å²) in [6, 6.07) is 14.0. The molecule has 0 fully saturated rings. The van der Waals surface area contributed by atoms with Crippen molar-refractivity contribution < 1.29 is 27.1 Å². The summed E-state index contributed by atoms with van der Waals surface area (Å²) in [6.45, 7) is -1.37. The zero-order chi connectivity index (χ0) is 22.8. The predicted octanol–water partition coefficient (Wildman–Crippen LogP) is 5.50. The van der Waals surface area contributed by atoms with Gasteiger partial charge in [0.1, 0.15) is 17.0 Å². The molecule has 0 saturated heterocycles. The van der Waals surface area contributed by atoms with Crippen LogP contribution in [0.4, 0.5) is 23.2 Å². The van der Waals surface area contributed by atoms with E-state index in [1.807, 2.05) is 0 Å². The van der Waals surface area contributed by atoms with Gasteiger partial charge in [0, 0.05) is 11.3 Å². The van der Waals surface area contributed by atoms with E-state index >= 15 is 0 Å². The maximum Gasteiger partial charge on any atom is 0.387 e. The van der Waals surface area contributed by atoms with Crippen molar-refractivity contribution in [3.63, 3.8) is 0 Å². The average Bonchev–Trinajstić information content (AvgIpc) is 3.19. The first-order valence-electron chi connectivity index (χ1n) is 9.42. The molecule has 0 atom stereocenters. The van der Waals surface area contributed by atoms with Crippen molar-refractivity contribution in [2.45, 2.75) is 20.0 Å². The molecule has 0 aliphatic rings. The summed E-state index contributed by atoms with van der Waals surface area (Å²) in [5, 5.41) is 6.55. The standard InChI is InChI=1S/C22H16F4N4O2/c1-12-9-14(32-22(25)26)7-8-16(12)29-21(31)15-11-27-30-18(19(23)24)10-17(28-20(15)30)13-5-3-2-4-6-13/h2-11,19,22H,1H3,(H,29,31). The molecule has 0 bridgehead atoms. The zero-order valence-electron chi connectivity index (χ0n) is 16.6. The number of rotatable bonds is 6. The Morgan fingerprint density at radius 2 is 1.81 bits per heavy atom. The van der Waals surface area contributed by atoms with Crippen LogP contribution in [0.2, 0.25) is 0 Å². The fourth-order valence-corrected chi connectivity index (χ4v) is 3.20. The van der Waals surface area contributed by atoms with E-state index in [2.05, 4.69) is 20.1 Å². The van der Waals surface area contributed by atoms with Crippen molar-refractivity contribution in [3.8, 4) is 17.0 Å². The molecule has 4 rings (SSSR count). The normalized spacial score (nSPS) is 11.3. The Morgan fingerprint density at radius 3 is 2.47 bits per heavy atom. The molecular weight excluding hydrogens is 428 g/mol. The second-order valence-electron chi connectivity index (χ2n) is 6.84. The molecule has 0 saturated carbocycles. The molecule has 0 aliphatic carbocycles. The Labute approximate surface area is 179 Å². The van der Waals surface area contributed by atoms with E-state index in [0.717, 1.165) is 10.7 Å². The number of fused-ring (bicyclic) bond motifs is 1. The van der Waals surface area contributed by atoms with E-state index in [9.17, 15) is 22.4 Å². The van der Waals surface area contributed by atoms with Crippen LogP contribution in [0.15, 0.2) is 60.8 Å². The third-order valence-corrected chi connectivity index (χ3v) is 4.71. The summed E-state index contributed by atoms with van der Waals surface area (Å²) in [7, 11) is 0. The molecule has 0 radical (unpaired) electrons. The van der Waals surface area contributed by atoms with E-state index in [4.69, 9.17) is 0 Å². The van der Waals surface area contributed by atoms with Crippen LogP contribution in [-0.2, 0) is 0 Å². The number of ether oxygens (including phenoxy) is 1. The second kappa shape index (κ2) is 8.66. The van der Waals surface area contributed by atoms with E-state index in [1.54, 1.807) is 37.3 Å². The second-order valence-corrected chi connectivity index (χ2v) is 6.84. The number of carbonyl (C=O) groups excluding carboxylic acids is 1. The maximum absolute atomic E-state index is 13.7. The molecule has 6 nitrogen and oxygen atoms in total.